The predicted molar refractivity (Wildman–Crippen MR) is 132 cm³/mol. The number of piperidine rings is 1. The summed E-state index contributed by atoms with van der Waals surface area (Å²) in [5.74, 6) is 2.53. The van der Waals surface area contributed by atoms with Crippen molar-refractivity contribution in [2.75, 3.05) is 54.0 Å². The topological polar surface area (TPSA) is 49.3 Å². The largest absolute Gasteiger partial charge is 0.493 e. The van der Waals surface area contributed by atoms with Gasteiger partial charge in [0, 0.05) is 26.2 Å². The molecule has 1 unspecified atom stereocenters. The van der Waals surface area contributed by atoms with Gasteiger partial charge < -0.3 is 19.7 Å². The molecule has 166 valence electrons. The van der Waals surface area contributed by atoms with Crippen molar-refractivity contribution in [3.8, 4) is 11.5 Å². The highest BCUT2D eigenvalue weighted by Gasteiger charge is 2.20. The standard InChI is InChI=1S/C22H38N4O2.HI/c1-6-23-22(24-17-19-10-8-9-14-26(19)7-2)25(3)15-13-18-11-12-20(27-4)21(16-18)28-5;/h11-12,16,19H,6-10,13-15,17H2,1-5H3,(H,23,24);1H. The van der Waals surface area contributed by atoms with Crippen LogP contribution in [0.4, 0.5) is 0 Å². The minimum absolute atomic E-state index is 0. The van der Waals surface area contributed by atoms with Gasteiger partial charge >= 0.3 is 0 Å². The van der Waals surface area contributed by atoms with Crippen LogP contribution in [-0.2, 0) is 6.42 Å². The van der Waals surface area contributed by atoms with Gasteiger partial charge in [-0.25, -0.2) is 0 Å². The molecule has 0 spiro atoms. The Hall–Kier alpha value is -1.22. The molecule has 0 bridgehead atoms. The van der Waals surface area contributed by atoms with Gasteiger partial charge in [0.15, 0.2) is 17.5 Å². The van der Waals surface area contributed by atoms with Gasteiger partial charge in [-0.05, 0) is 57.0 Å². The molecule has 1 heterocycles. The molecule has 0 aromatic heterocycles. The van der Waals surface area contributed by atoms with Gasteiger partial charge in [0.05, 0.1) is 20.8 Å². The Kier molecular flexibility index (Phi) is 12.4. The Balaban J connectivity index is 0.00000420. The van der Waals surface area contributed by atoms with Crippen LogP contribution >= 0.6 is 24.0 Å². The lowest BCUT2D eigenvalue weighted by atomic mass is 10.0. The van der Waals surface area contributed by atoms with Gasteiger partial charge in [0.25, 0.3) is 0 Å². The van der Waals surface area contributed by atoms with Gasteiger partial charge in [0.2, 0.25) is 0 Å². The van der Waals surface area contributed by atoms with Gasteiger partial charge in [-0.2, -0.15) is 0 Å². The van der Waals surface area contributed by atoms with Gasteiger partial charge in [0.1, 0.15) is 0 Å². The molecule has 1 fully saturated rings. The molecule has 1 aromatic carbocycles. The number of nitrogens with one attached hydrogen (secondary N) is 1. The summed E-state index contributed by atoms with van der Waals surface area (Å²) < 4.78 is 10.7. The summed E-state index contributed by atoms with van der Waals surface area (Å²) in [4.78, 5) is 9.74. The maximum absolute atomic E-state index is 5.42. The molecule has 0 saturated carbocycles. The van der Waals surface area contributed by atoms with Crippen molar-refractivity contribution in [1.82, 2.24) is 15.1 Å². The Morgan fingerprint density at radius 1 is 1.21 bits per heavy atom. The number of hydrogen-bond acceptors (Lipinski definition) is 4. The highest BCUT2D eigenvalue weighted by molar-refractivity contribution is 14.0. The quantitative estimate of drug-likeness (QED) is 0.308. The first-order valence-electron chi connectivity index (χ1n) is 10.6. The van der Waals surface area contributed by atoms with Gasteiger partial charge in [-0.15, -0.1) is 24.0 Å². The summed E-state index contributed by atoms with van der Waals surface area (Å²) in [5, 5.41) is 3.44. The Morgan fingerprint density at radius 2 is 1.97 bits per heavy atom. The Morgan fingerprint density at radius 3 is 2.62 bits per heavy atom. The SMILES string of the molecule is CCNC(=NCC1CCCCN1CC)N(C)CCc1ccc(OC)c(OC)c1.I. The van der Waals surface area contributed by atoms with Crippen LogP contribution in [0, 0.1) is 0 Å². The molecule has 1 aliphatic rings. The molecular formula is C22H39IN4O2. The fraction of sp³-hybridized carbons (Fsp3) is 0.682. The van der Waals surface area contributed by atoms with Gasteiger partial charge in [-0.1, -0.05) is 19.4 Å². The second-order valence-electron chi connectivity index (χ2n) is 7.33. The third-order valence-electron chi connectivity index (χ3n) is 5.49. The molecular weight excluding hydrogens is 479 g/mol. The second kappa shape index (κ2) is 13.9. The van der Waals surface area contributed by atoms with E-state index < -0.39 is 0 Å². The fourth-order valence-corrected chi connectivity index (χ4v) is 3.78. The summed E-state index contributed by atoms with van der Waals surface area (Å²) >= 11 is 0. The number of rotatable bonds is 9. The molecule has 1 saturated heterocycles. The number of guanidine groups is 1. The van der Waals surface area contributed by atoms with Crippen molar-refractivity contribution in [2.45, 2.75) is 45.6 Å². The van der Waals surface area contributed by atoms with E-state index in [1.165, 1.54) is 31.4 Å². The number of hydrogen-bond donors (Lipinski definition) is 1. The number of benzene rings is 1. The van der Waals surface area contributed by atoms with Crippen LogP contribution in [0.1, 0.15) is 38.7 Å². The normalized spacial score (nSPS) is 17.4. The van der Waals surface area contributed by atoms with Crippen LogP contribution in [0.2, 0.25) is 0 Å². The van der Waals surface area contributed by atoms with Crippen LogP contribution in [0.25, 0.3) is 0 Å². The molecule has 0 amide bonds. The zero-order chi connectivity index (χ0) is 20.4. The number of ether oxygens (including phenoxy) is 2. The fourth-order valence-electron chi connectivity index (χ4n) is 3.78. The highest BCUT2D eigenvalue weighted by Crippen LogP contribution is 2.27. The van der Waals surface area contributed by atoms with Crippen LogP contribution in [-0.4, -0.2) is 75.8 Å². The number of likely N-dealkylation sites (tertiary alicyclic amines) is 1. The van der Waals surface area contributed by atoms with E-state index in [1.807, 2.05) is 6.07 Å². The monoisotopic (exact) mass is 518 g/mol. The Labute approximate surface area is 194 Å². The number of aliphatic imine (C=N–C) groups is 1. The zero-order valence-corrected chi connectivity index (χ0v) is 21.1. The molecule has 29 heavy (non-hydrogen) atoms. The van der Waals surface area contributed by atoms with Crippen LogP contribution in [0.3, 0.4) is 0 Å². The summed E-state index contributed by atoms with van der Waals surface area (Å²) in [6.45, 7) is 9.34. The minimum Gasteiger partial charge on any atom is -0.493 e. The molecule has 1 aromatic rings. The highest BCUT2D eigenvalue weighted by atomic mass is 127. The van der Waals surface area contributed by atoms with Crippen molar-refractivity contribution in [2.24, 2.45) is 4.99 Å². The molecule has 1 N–H and O–H groups in total. The average molecular weight is 518 g/mol. The average Bonchev–Trinajstić information content (AvgIpc) is 2.74. The zero-order valence-electron chi connectivity index (χ0n) is 18.7. The van der Waals surface area contributed by atoms with E-state index >= 15 is 0 Å². The maximum atomic E-state index is 5.42. The van der Waals surface area contributed by atoms with Crippen molar-refractivity contribution in [3.05, 3.63) is 23.8 Å². The minimum atomic E-state index is 0. The van der Waals surface area contributed by atoms with E-state index in [0.717, 1.165) is 50.1 Å². The van der Waals surface area contributed by atoms with Crippen molar-refractivity contribution in [1.29, 1.82) is 0 Å². The molecule has 6 nitrogen and oxygen atoms in total. The van der Waals surface area contributed by atoms with Crippen LogP contribution in [0.5, 0.6) is 11.5 Å². The summed E-state index contributed by atoms with van der Waals surface area (Å²) in [6.07, 6.45) is 4.82. The summed E-state index contributed by atoms with van der Waals surface area (Å²) in [5.41, 5.74) is 1.23. The molecule has 0 radical (unpaired) electrons. The smallest absolute Gasteiger partial charge is 0.193 e. The molecule has 1 aliphatic heterocycles. The van der Waals surface area contributed by atoms with E-state index in [4.69, 9.17) is 14.5 Å². The van der Waals surface area contributed by atoms with Crippen molar-refractivity contribution in [3.63, 3.8) is 0 Å². The van der Waals surface area contributed by atoms with Crippen LogP contribution < -0.4 is 14.8 Å². The van der Waals surface area contributed by atoms with Gasteiger partial charge in [-0.3, -0.25) is 9.89 Å². The summed E-state index contributed by atoms with van der Waals surface area (Å²) in [7, 11) is 5.45. The maximum Gasteiger partial charge on any atom is 0.193 e. The molecule has 0 aliphatic carbocycles. The predicted octanol–water partition coefficient (Wildman–Crippen LogP) is 3.64. The molecule has 1 atom stereocenters. The number of methoxy groups -OCH3 is 2. The first-order valence-corrected chi connectivity index (χ1v) is 10.6. The lowest BCUT2D eigenvalue weighted by molar-refractivity contribution is 0.161. The second-order valence-corrected chi connectivity index (χ2v) is 7.33. The Bertz CT molecular complexity index is 627. The van der Waals surface area contributed by atoms with E-state index in [1.54, 1.807) is 14.2 Å². The lowest BCUT2D eigenvalue weighted by Gasteiger charge is -2.34. The van der Waals surface area contributed by atoms with E-state index in [2.05, 4.69) is 48.1 Å². The first kappa shape index (κ1) is 25.8. The number of likely N-dealkylation sites (N-methyl/N-ethyl adjacent to an activating group) is 2. The lowest BCUT2D eigenvalue weighted by Crippen LogP contribution is -2.44. The summed E-state index contributed by atoms with van der Waals surface area (Å²) in [6, 6.07) is 6.69. The molecule has 2 rings (SSSR count). The molecule has 7 heteroatoms. The first-order chi connectivity index (χ1) is 13.6. The third kappa shape index (κ3) is 7.85. The van der Waals surface area contributed by atoms with Crippen LogP contribution in [0.15, 0.2) is 23.2 Å². The number of nitrogens with zero attached hydrogens (tertiary/aromatic N) is 3. The van der Waals surface area contributed by atoms with Crippen molar-refractivity contribution < 1.29 is 9.47 Å². The van der Waals surface area contributed by atoms with E-state index in [0.29, 0.717) is 6.04 Å². The van der Waals surface area contributed by atoms with E-state index in [9.17, 15) is 0 Å². The van der Waals surface area contributed by atoms with E-state index in [-0.39, 0.29) is 24.0 Å². The van der Waals surface area contributed by atoms with Crippen molar-refractivity contribution >= 4 is 29.9 Å². The third-order valence-corrected chi connectivity index (χ3v) is 5.49. The number of halogens is 1.